The number of aryl methyl sites for hydroxylation is 2. The van der Waals surface area contributed by atoms with E-state index in [0.717, 1.165) is 11.4 Å². The maximum atomic E-state index is 13.5. The van der Waals surface area contributed by atoms with Crippen LogP contribution in [0, 0.1) is 12.7 Å². The molecule has 0 aliphatic rings. The van der Waals surface area contributed by atoms with Crippen molar-refractivity contribution in [3.8, 4) is 0 Å². The second-order valence-electron chi connectivity index (χ2n) is 4.68. The number of halogens is 1. The number of anilines is 1. The van der Waals surface area contributed by atoms with E-state index < -0.39 is 0 Å². The zero-order chi connectivity index (χ0) is 14.8. The van der Waals surface area contributed by atoms with Crippen LogP contribution in [-0.2, 0) is 7.05 Å². The van der Waals surface area contributed by atoms with Crippen LogP contribution in [0.4, 0.5) is 9.52 Å². The molecule has 5 nitrogen and oxygen atoms in total. The van der Waals surface area contributed by atoms with Crippen molar-refractivity contribution >= 4 is 16.7 Å². The summed E-state index contributed by atoms with van der Waals surface area (Å²) in [5.74, 6) is 1.22. The topological polar surface area (TPSA) is 55.6 Å². The Kier molecular flexibility index (Phi) is 3.66. The summed E-state index contributed by atoms with van der Waals surface area (Å²) in [6, 6.07) is 6.19. The smallest absolute Gasteiger partial charge is 0.203 e. The van der Waals surface area contributed by atoms with Gasteiger partial charge in [0.25, 0.3) is 0 Å². The highest BCUT2D eigenvalue weighted by Crippen LogP contribution is 2.26. The monoisotopic (exact) mass is 303 g/mol. The first-order chi connectivity index (χ1) is 10.1. The molecule has 3 aromatic rings. The van der Waals surface area contributed by atoms with Crippen molar-refractivity contribution in [1.82, 2.24) is 18.9 Å². The summed E-state index contributed by atoms with van der Waals surface area (Å²) in [5, 5.41) is 3.97. The molecule has 7 heteroatoms. The number of rotatable bonds is 4. The fraction of sp³-hybridized carbons (Fsp3) is 0.214. The van der Waals surface area contributed by atoms with Crippen LogP contribution in [0.15, 0.2) is 36.7 Å². The van der Waals surface area contributed by atoms with Gasteiger partial charge in [-0.15, -0.1) is 0 Å². The third kappa shape index (κ3) is 2.92. The van der Waals surface area contributed by atoms with Crippen molar-refractivity contribution in [1.29, 1.82) is 0 Å². The maximum Gasteiger partial charge on any atom is 0.203 e. The first kappa shape index (κ1) is 13.7. The molecule has 2 heterocycles. The van der Waals surface area contributed by atoms with Crippen LogP contribution in [0.25, 0.3) is 0 Å². The minimum Gasteiger partial charge on any atom is -0.346 e. The minimum atomic E-state index is -0.284. The number of aromatic nitrogens is 4. The summed E-state index contributed by atoms with van der Waals surface area (Å²) in [7, 11) is 1.90. The van der Waals surface area contributed by atoms with Crippen LogP contribution in [0.5, 0.6) is 0 Å². The summed E-state index contributed by atoms with van der Waals surface area (Å²) in [4.78, 5) is 8.66. The van der Waals surface area contributed by atoms with Gasteiger partial charge in [0.05, 0.1) is 0 Å². The molecule has 1 unspecified atom stereocenters. The van der Waals surface area contributed by atoms with Crippen LogP contribution in [-0.4, -0.2) is 18.9 Å². The molecular weight excluding hydrogens is 289 g/mol. The number of benzene rings is 1. The molecule has 3 rings (SSSR count). The fourth-order valence-electron chi connectivity index (χ4n) is 2.12. The number of imidazole rings is 1. The minimum absolute atomic E-state index is 0.276. The molecule has 0 amide bonds. The van der Waals surface area contributed by atoms with Gasteiger partial charge < -0.3 is 9.88 Å². The Morgan fingerprint density at radius 2 is 2.24 bits per heavy atom. The Balaban J connectivity index is 2.00. The van der Waals surface area contributed by atoms with Gasteiger partial charge in [-0.25, -0.2) is 14.4 Å². The Morgan fingerprint density at radius 3 is 2.86 bits per heavy atom. The lowest BCUT2D eigenvalue weighted by molar-refractivity contribution is 0.622. The summed E-state index contributed by atoms with van der Waals surface area (Å²) in [5.41, 5.74) is 0.789. The Bertz CT molecular complexity index is 751. The molecule has 0 bridgehead atoms. The van der Waals surface area contributed by atoms with Gasteiger partial charge in [0, 0.05) is 31.0 Å². The molecule has 1 aromatic carbocycles. The Hall–Kier alpha value is -2.28. The number of hydrogen-bond acceptors (Lipinski definition) is 5. The van der Waals surface area contributed by atoms with E-state index in [9.17, 15) is 4.39 Å². The highest BCUT2D eigenvalue weighted by Gasteiger charge is 2.20. The molecule has 21 heavy (non-hydrogen) atoms. The van der Waals surface area contributed by atoms with Gasteiger partial charge in [0.1, 0.15) is 23.5 Å². The van der Waals surface area contributed by atoms with Crippen LogP contribution in [0.3, 0.4) is 0 Å². The molecule has 1 atom stereocenters. The lowest BCUT2D eigenvalue weighted by Crippen LogP contribution is -2.16. The lowest BCUT2D eigenvalue weighted by atomic mass is 10.1. The van der Waals surface area contributed by atoms with Crippen LogP contribution < -0.4 is 5.32 Å². The summed E-state index contributed by atoms with van der Waals surface area (Å²) in [6.07, 6.45) is 3.57. The molecule has 108 valence electrons. The van der Waals surface area contributed by atoms with Crippen molar-refractivity contribution in [2.75, 3.05) is 5.32 Å². The molecule has 0 fully saturated rings. The molecule has 0 aliphatic heterocycles. The maximum absolute atomic E-state index is 13.5. The van der Waals surface area contributed by atoms with E-state index in [2.05, 4.69) is 19.7 Å². The quantitative estimate of drug-likeness (QED) is 0.805. The van der Waals surface area contributed by atoms with Gasteiger partial charge in [-0.2, -0.15) is 4.37 Å². The summed E-state index contributed by atoms with van der Waals surface area (Å²) in [6.45, 7) is 1.83. The third-order valence-corrected chi connectivity index (χ3v) is 3.83. The summed E-state index contributed by atoms with van der Waals surface area (Å²) < 4.78 is 19.6. The number of hydrogen-bond donors (Lipinski definition) is 1. The number of nitrogens with zero attached hydrogens (tertiary/aromatic N) is 4. The standard InChI is InChI=1S/C14H14FN5S/c1-9-17-14(21-19-9)18-12(13-16-6-7-20(13)2)10-4-3-5-11(15)8-10/h3-8,12H,1-2H3,(H,17,18,19). The van der Waals surface area contributed by atoms with Gasteiger partial charge in [0.2, 0.25) is 5.13 Å². The molecule has 0 spiro atoms. The molecule has 0 saturated heterocycles. The highest BCUT2D eigenvalue weighted by atomic mass is 32.1. The highest BCUT2D eigenvalue weighted by molar-refractivity contribution is 7.09. The Labute approximate surface area is 125 Å². The van der Waals surface area contributed by atoms with E-state index in [-0.39, 0.29) is 11.9 Å². The second kappa shape index (κ2) is 5.61. The predicted molar refractivity (Wildman–Crippen MR) is 79.7 cm³/mol. The van der Waals surface area contributed by atoms with E-state index in [1.807, 2.05) is 30.8 Å². The van der Waals surface area contributed by atoms with Gasteiger partial charge in [-0.1, -0.05) is 12.1 Å². The average molecular weight is 303 g/mol. The zero-order valence-electron chi connectivity index (χ0n) is 11.6. The van der Waals surface area contributed by atoms with Gasteiger partial charge in [-0.05, 0) is 24.6 Å². The normalized spacial score (nSPS) is 12.3. The SMILES string of the molecule is Cc1nsc(NC(c2cccc(F)c2)c2nccn2C)n1. The van der Waals surface area contributed by atoms with Gasteiger partial charge in [0.15, 0.2) is 0 Å². The lowest BCUT2D eigenvalue weighted by Gasteiger charge is -2.18. The third-order valence-electron chi connectivity index (χ3n) is 3.09. The fourth-order valence-corrected chi connectivity index (χ4v) is 2.72. The summed E-state index contributed by atoms with van der Waals surface area (Å²) >= 11 is 1.28. The van der Waals surface area contributed by atoms with Gasteiger partial charge in [-0.3, -0.25) is 0 Å². The van der Waals surface area contributed by atoms with E-state index in [4.69, 9.17) is 0 Å². The Morgan fingerprint density at radius 1 is 1.38 bits per heavy atom. The van der Waals surface area contributed by atoms with Crippen molar-refractivity contribution in [2.45, 2.75) is 13.0 Å². The van der Waals surface area contributed by atoms with Crippen LogP contribution in [0.2, 0.25) is 0 Å². The van der Waals surface area contributed by atoms with E-state index in [1.165, 1.54) is 23.7 Å². The van der Waals surface area contributed by atoms with E-state index >= 15 is 0 Å². The van der Waals surface area contributed by atoms with Crippen molar-refractivity contribution in [2.24, 2.45) is 7.05 Å². The molecule has 0 radical (unpaired) electrons. The number of nitrogens with one attached hydrogen (secondary N) is 1. The zero-order valence-corrected chi connectivity index (χ0v) is 12.4. The first-order valence-corrected chi connectivity index (χ1v) is 7.20. The van der Waals surface area contributed by atoms with Gasteiger partial charge >= 0.3 is 0 Å². The average Bonchev–Trinajstić information content (AvgIpc) is 3.05. The predicted octanol–water partition coefficient (Wildman–Crippen LogP) is 2.92. The first-order valence-electron chi connectivity index (χ1n) is 6.43. The van der Waals surface area contributed by atoms with Crippen molar-refractivity contribution < 1.29 is 4.39 Å². The molecular formula is C14H14FN5S. The van der Waals surface area contributed by atoms with E-state index in [1.54, 1.807) is 12.3 Å². The van der Waals surface area contributed by atoms with E-state index in [0.29, 0.717) is 11.0 Å². The van der Waals surface area contributed by atoms with Crippen LogP contribution in [0.1, 0.15) is 23.3 Å². The largest absolute Gasteiger partial charge is 0.346 e. The van der Waals surface area contributed by atoms with Crippen LogP contribution >= 0.6 is 11.5 Å². The van der Waals surface area contributed by atoms with Crippen molar-refractivity contribution in [3.63, 3.8) is 0 Å². The molecule has 0 aliphatic carbocycles. The molecule has 0 saturated carbocycles. The van der Waals surface area contributed by atoms with Crippen molar-refractivity contribution in [3.05, 3.63) is 59.7 Å². The second-order valence-corrected chi connectivity index (χ2v) is 5.43. The molecule has 1 N–H and O–H groups in total. The molecule has 2 aromatic heterocycles.